The van der Waals surface area contributed by atoms with Gasteiger partial charge >= 0.3 is 0 Å². The van der Waals surface area contributed by atoms with Crippen molar-refractivity contribution in [1.82, 2.24) is 0 Å². The van der Waals surface area contributed by atoms with Crippen LogP contribution in [0.1, 0.15) is 0 Å². The van der Waals surface area contributed by atoms with Gasteiger partial charge in [0.05, 0.1) is 4.47 Å². The second-order valence-electron chi connectivity index (χ2n) is 3.46. The monoisotopic (exact) mass is 287 g/mol. The first-order chi connectivity index (χ1) is 8.31. The molecule has 84 valence electrons. The van der Waals surface area contributed by atoms with Crippen molar-refractivity contribution >= 4 is 15.9 Å². The highest BCUT2D eigenvalue weighted by Gasteiger charge is 2.03. The molecule has 2 aromatic rings. The summed E-state index contributed by atoms with van der Waals surface area (Å²) in [7, 11) is 0. The Balaban J connectivity index is 2.29. The third kappa shape index (κ3) is 2.86. The highest BCUT2D eigenvalue weighted by atomic mass is 79.9. The Morgan fingerprint density at radius 2 is 1.82 bits per heavy atom. The van der Waals surface area contributed by atoms with Crippen LogP contribution in [-0.4, -0.2) is 6.61 Å². The molecule has 2 aromatic carbocycles. The fourth-order valence-electron chi connectivity index (χ4n) is 1.54. The summed E-state index contributed by atoms with van der Waals surface area (Å²) in [6.45, 7) is 0.0588. The van der Waals surface area contributed by atoms with E-state index in [1.165, 1.54) is 0 Å². The van der Waals surface area contributed by atoms with E-state index in [-0.39, 0.29) is 6.61 Å². The molecular formula is C14H10BrNO. The van der Waals surface area contributed by atoms with Crippen LogP contribution < -0.4 is 4.74 Å². The Hall–Kier alpha value is -1.79. The molecule has 0 bridgehead atoms. The first kappa shape index (κ1) is 11.7. The highest BCUT2D eigenvalue weighted by molar-refractivity contribution is 9.10. The smallest absolute Gasteiger partial charge is 0.174 e. The summed E-state index contributed by atoms with van der Waals surface area (Å²) in [5, 5.41) is 8.46. The second-order valence-corrected chi connectivity index (χ2v) is 4.31. The van der Waals surface area contributed by atoms with E-state index in [9.17, 15) is 0 Å². The van der Waals surface area contributed by atoms with E-state index < -0.39 is 0 Å². The Morgan fingerprint density at radius 1 is 1.06 bits per heavy atom. The number of benzene rings is 2. The lowest BCUT2D eigenvalue weighted by Gasteiger charge is -2.07. The number of nitriles is 1. The van der Waals surface area contributed by atoms with Gasteiger partial charge in [-0.05, 0) is 39.2 Å². The molecule has 0 fully saturated rings. The third-order valence-corrected chi connectivity index (χ3v) is 2.95. The number of ether oxygens (including phenoxy) is 1. The number of hydrogen-bond acceptors (Lipinski definition) is 2. The summed E-state index contributed by atoms with van der Waals surface area (Å²) in [6.07, 6.45) is 0. The van der Waals surface area contributed by atoms with Gasteiger partial charge in [0, 0.05) is 0 Å². The fraction of sp³-hybridized carbons (Fsp3) is 0.0714. The minimum Gasteiger partial charge on any atom is -0.478 e. The van der Waals surface area contributed by atoms with Crippen molar-refractivity contribution in [3.05, 3.63) is 53.0 Å². The van der Waals surface area contributed by atoms with E-state index in [4.69, 9.17) is 10.00 Å². The molecule has 0 amide bonds. The molecule has 0 aromatic heterocycles. The van der Waals surface area contributed by atoms with Gasteiger partial charge in [-0.15, -0.1) is 0 Å². The van der Waals surface area contributed by atoms with Crippen LogP contribution in [0.15, 0.2) is 53.0 Å². The summed E-state index contributed by atoms with van der Waals surface area (Å²) < 4.78 is 6.12. The van der Waals surface area contributed by atoms with Crippen LogP contribution in [0, 0.1) is 11.3 Å². The Kier molecular flexibility index (Phi) is 3.79. The number of nitrogens with zero attached hydrogens (tertiary/aromatic N) is 1. The quantitative estimate of drug-likeness (QED) is 0.854. The average Bonchev–Trinajstić information content (AvgIpc) is 2.38. The van der Waals surface area contributed by atoms with Crippen LogP contribution in [0.3, 0.4) is 0 Å². The van der Waals surface area contributed by atoms with Gasteiger partial charge in [0.25, 0.3) is 0 Å². The Bertz CT molecular complexity index is 546. The molecule has 0 aliphatic heterocycles. The van der Waals surface area contributed by atoms with E-state index >= 15 is 0 Å². The summed E-state index contributed by atoms with van der Waals surface area (Å²) >= 11 is 3.44. The van der Waals surface area contributed by atoms with Gasteiger partial charge in [-0.1, -0.05) is 36.4 Å². The highest BCUT2D eigenvalue weighted by Crippen LogP contribution is 2.30. The Morgan fingerprint density at radius 3 is 2.47 bits per heavy atom. The molecule has 3 heteroatoms. The zero-order valence-electron chi connectivity index (χ0n) is 9.06. The maximum absolute atomic E-state index is 8.46. The average molecular weight is 288 g/mol. The van der Waals surface area contributed by atoms with Gasteiger partial charge in [0.2, 0.25) is 0 Å². The van der Waals surface area contributed by atoms with E-state index in [1.807, 2.05) is 42.5 Å². The zero-order chi connectivity index (χ0) is 12.1. The topological polar surface area (TPSA) is 33.0 Å². The van der Waals surface area contributed by atoms with Gasteiger partial charge in [0.1, 0.15) is 11.8 Å². The van der Waals surface area contributed by atoms with Crippen LogP contribution >= 0.6 is 15.9 Å². The van der Waals surface area contributed by atoms with Gasteiger partial charge in [0.15, 0.2) is 6.61 Å². The van der Waals surface area contributed by atoms with Crippen LogP contribution in [0.25, 0.3) is 11.1 Å². The fourth-order valence-corrected chi connectivity index (χ4v) is 2.03. The molecule has 17 heavy (non-hydrogen) atoms. The van der Waals surface area contributed by atoms with Crippen LogP contribution in [0.2, 0.25) is 0 Å². The minimum absolute atomic E-state index is 0.0588. The predicted molar refractivity (Wildman–Crippen MR) is 70.7 cm³/mol. The molecule has 2 rings (SSSR count). The molecule has 0 saturated heterocycles. The van der Waals surface area contributed by atoms with Crippen molar-refractivity contribution < 1.29 is 4.74 Å². The molecule has 2 nitrogen and oxygen atoms in total. The molecule has 0 atom stereocenters. The predicted octanol–water partition coefficient (Wildman–Crippen LogP) is 4.02. The van der Waals surface area contributed by atoms with Crippen molar-refractivity contribution in [3.8, 4) is 22.9 Å². The van der Waals surface area contributed by atoms with Crippen molar-refractivity contribution in [2.75, 3.05) is 6.61 Å². The summed E-state index contributed by atoms with van der Waals surface area (Å²) in [5.41, 5.74) is 2.27. The van der Waals surface area contributed by atoms with E-state index in [0.717, 1.165) is 15.6 Å². The number of hydrogen-bond donors (Lipinski definition) is 0. The molecule has 0 aliphatic carbocycles. The van der Waals surface area contributed by atoms with Gasteiger partial charge in [-0.25, -0.2) is 0 Å². The third-order valence-electron chi connectivity index (χ3n) is 2.33. The maximum Gasteiger partial charge on any atom is 0.174 e. The lowest BCUT2D eigenvalue weighted by atomic mass is 10.1. The lowest BCUT2D eigenvalue weighted by molar-refractivity contribution is 0.366. The van der Waals surface area contributed by atoms with Crippen molar-refractivity contribution in [1.29, 1.82) is 5.26 Å². The largest absolute Gasteiger partial charge is 0.478 e. The molecule has 0 saturated carbocycles. The summed E-state index contributed by atoms with van der Waals surface area (Å²) in [5.74, 6) is 0.686. The molecular weight excluding hydrogens is 278 g/mol. The first-order valence-electron chi connectivity index (χ1n) is 5.16. The van der Waals surface area contributed by atoms with E-state index in [0.29, 0.717) is 5.75 Å². The SMILES string of the molecule is N#CCOc1ccc(-c2ccccc2)cc1Br. The normalized spacial score (nSPS) is 9.65. The molecule has 0 aliphatic rings. The molecule has 0 radical (unpaired) electrons. The van der Waals surface area contributed by atoms with Gasteiger partial charge in [-0.2, -0.15) is 5.26 Å². The van der Waals surface area contributed by atoms with Crippen molar-refractivity contribution in [3.63, 3.8) is 0 Å². The molecule has 0 N–H and O–H groups in total. The van der Waals surface area contributed by atoms with E-state index in [2.05, 4.69) is 28.1 Å². The van der Waals surface area contributed by atoms with Crippen molar-refractivity contribution in [2.45, 2.75) is 0 Å². The molecule has 0 spiro atoms. The van der Waals surface area contributed by atoms with Crippen LogP contribution in [0.5, 0.6) is 5.75 Å². The first-order valence-corrected chi connectivity index (χ1v) is 5.95. The minimum atomic E-state index is 0.0588. The van der Waals surface area contributed by atoms with Crippen LogP contribution in [-0.2, 0) is 0 Å². The lowest BCUT2D eigenvalue weighted by Crippen LogP contribution is -1.94. The molecule has 0 unspecified atom stereocenters. The number of rotatable bonds is 3. The van der Waals surface area contributed by atoms with Gasteiger partial charge in [-0.3, -0.25) is 0 Å². The second kappa shape index (κ2) is 5.51. The summed E-state index contributed by atoms with van der Waals surface area (Å²) in [4.78, 5) is 0. The maximum atomic E-state index is 8.46. The molecule has 0 heterocycles. The number of halogens is 1. The van der Waals surface area contributed by atoms with Crippen LogP contribution in [0.4, 0.5) is 0 Å². The summed E-state index contributed by atoms with van der Waals surface area (Å²) in [6, 6.07) is 17.9. The van der Waals surface area contributed by atoms with Gasteiger partial charge < -0.3 is 4.74 Å². The van der Waals surface area contributed by atoms with Crippen molar-refractivity contribution in [2.24, 2.45) is 0 Å². The Labute approximate surface area is 109 Å². The van der Waals surface area contributed by atoms with E-state index in [1.54, 1.807) is 0 Å². The zero-order valence-corrected chi connectivity index (χ0v) is 10.6. The standard InChI is InChI=1S/C14H10BrNO/c15-13-10-12(11-4-2-1-3-5-11)6-7-14(13)17-9-8-16/h1-7,10H,9H2.